The first-order valence-electron chi connectivity index (χ1n) is 8.91. The number of nitrogens with zero attached hydrogens (tertiary/aromatic N) is 3. The molecular formula is C18H23N5O3. The quantitative estimate of drug-likeness (QED) is 0.728. The molecule has 1 aromatic carbocycles. The molecule has 2 amide bonds. The molecule has 0 fully saturated rings. The maximum Gasteiger partial charge on any atom is 0.346 e. The van der Waals surface area contributed by atoms with E-state index in [2.05, 4.69) is 15.7 Å². The number of benzene rings is 1. The Hall–Kier alpha value is -2.90. The highest BCUT2D eigenvalue weighted by molar-refractivity contribution is 5.94. The van der Waals surface area contributed by atoms with Crippen LogP contribution in [-0.2, 0) is 24.3 Å². The van der Waals surface area contributed by atoms with Gasteiger partial charge in [0.25, 0.3) is 5.91 Å². The fourth-order valence-corrected chi connectivity index (χ4v) is 2.99. The van der Waals surface area contributed by atoms with Crippen LogP contribution in [0.2, 0.25) is 0 Å². The molecule has 26 heavy (non-hydrogen) atoms. The van der Waals surface area contributed by atoms with Crippen molar-refractivity contribution >= 4 is 11.8 Å². The Kier molecular flexibility index (Phi) is 5.83. The molecule has 0 atom stereocenters. The summed E-state index contributed by atoms with van der Waals surface area (Å²) in [7, 11) is 0. The summed E-state index contributed by atoms with van der Waals surface area (Å²) < 4.78 is 2.89. The van der Waals surface area contributed by atoms with Crippen molar-refractivity contribution in [3.05, 3.63) is 52.2 Å². The molecule has 1 aliphatic heterocycles. The molecule has 1 aliphatic rings. The van der Waals surface area contributed by atoms with Crippen molar-refractivity contribution in [2.24, 2.45) is 0 Å². The molecule has 8 nitrogen and oxygen atoms in total. The van der Waals surface area contributed by atoms with Gasteiger partial charge in [-0.25, -0.2) is 9.48 Å². The Labute approximate surface area is 151 Å². The summed E-state index contributed by atoms with van der Waals surface area (Å²) in [4.78, 5) is 36.2. The van der Waals surface area contributed by atoms with Gasteiger partial charge in [0.1, 0.15) is 12.4 Å². The van der Waals surface area contributed by atoms with Crippen molar-refractivity contribution in [2.45, 2.75) is 38.8 Å². The van der Waals surface area contributed by atoms with Crippen LogP contribution in [0.3, 0.4) is 0 Å². The van der Waals surface area contributed by atoms with Gasteiger partial charge in [0.15, 0.2) is 0 Å². The van der Waals surface area contributed by atoms with Gasteiger partial charge in [0.05, 0.1) is 0 Å². The van der Waals surface area contributed by atoms with E-state index in [1.807, 2.05) is 6.07 Å². The van der Waals surface area contributed by atoms with Gasteiger partial charge in [-0.2, -0.15) is 5.10 Å². The van der Waals surface area contributed by atoms with E-state index in [1.54, 1.807) is 28.8 Å². The second-order valence-corrected chi connectivity index (χ2v) is 6.29. The largest absolute Gasteiger partial charge is 0.353 e. The molecule has 2 heterocycles. The maximum absolute atomic E-state index is 12.3. The summed E-state index contributed by atoms with van der Waals surface area (Å²) in [5, 5.41) is 9.71. The number of rotatable bonds is 6. The minimum absolute atomic E-state index is 0.106. The van der Waals surface area contributed by atoms with Gasteiger partial charge in [-0.15, -0.1) is 0 Å². The van der Waals surface area contributed by atoms with Crippen molar-refractivity contribution in [1.29, 1.82) is 0 Å². The molecule has 1 aromatic heterocycles. The van der Waals surface area contributed by atoms with Gasteiger partial charge in [-0.3, -0.25) is 14.2 Å². The van der Waals surface area contributed by atoms with E-state index in [1.165, 1.54) is 4.68 Å². The summed E-state index contributed by atoms with van der Waals surface area (Å²) in [6.07, 6.45) is 3.85. The van der Waals surface area contributed by atoms with Crippen LogP contribution in [0.5, 0.6) is 0 Å². The zero-order valence-corrected chi connectivity index (χ0v) is 14.6. The number of aromatic nitrogens is 3. The first kappa shape index (κ1) is 17.9. The second kappa shape index (κ2) is 8.46. The highest BCUT2D eigenvalue weighted by Gasteiger charge is 2.17. The maximum atomic E-state index is 12.3. The van der Waals surface area contributed by atoms with E-state index in [0.29, 0.717) is 25.2 Å². The van der Waals surface area contributed by atoms with Gasteiger partial charge in [-0.05, 0) is 25.0 Å². The lowest BCUT2D eigenvalue weighted by Gasteiger charge is -2.07. The molecule has 0 radical (unpaired) electrons. The van der Waals surface area contributed by atoms with E-state index < -0.39 is 0 Å². The third-order valence-corrected chi connectivity index (χ3v) is 4.34. The number of fused-ring (bicyclic) bond motifs is 1. The molecule has 0 bridgehead atoms. The molecule has 0 saturated heterocycles. The van der Waals surface area contributed by atoms with Gasteiger partial charge < -0.3 is 10.6 Å². The number of nitrogens with one attached hydrogen (secondary N) is 2. The third kappa shape index (κ3) is 4.38. The van der Waals surface area contributed by atoms with Gasteiger partial charge >= 0.3 is 5.69 Å². The van der Waals surface area contributed by atoms with E-state index in [-0.39, 0.29) is 24.0 Å². The minimum atomic E-state index is -0.297. The summed E-state index contributed by atoms with van der Waals surface area (Å²) in [6.45, 7) is 1.17. The highest BCUT2D eigenvalue weighted by atomic mass is 16.2. The van der Waals surface area contributed by atoms with E-state index in [9.17, 15) is 14.4 Å². The Bertz CT molecular complexity index is 825. The predicted molar refractivity (Wildman–Crippen MR) is 95.8 cm³/mol. The van der Waals surface area contributed by atoms with Gasteiger partial charge in [-0.1, -0.05) is 24.6 Å². The zero-order valence-electron chi connectivity index (χ0n) is 14.6. The molecule has 0 aliphatic carbocycles. The fourth-order valence-electron chi connectivity index (χ4n) is 2.99. The molecular weight excluding hydrogens is 334 g/mol. The fraction of sp³-hybridized carbons (Fsp3) is 0.444. The summed E-state index contributed by atoms with van der Waals surface area (Å²) >= 11 is 0. The molecule has 2 aromatic rings. The van der Waals surface area contributed by atoms with Crippen LogP contribution in [0.15, 0.2) is 35.1 Å². The van der Waals surface area contributed by atoms with E-state index in [0.717, 1.165) is 31.5 Å². The molecule has 2 N–H and O–H groups in total. The smallest absolute Gasteiger partial charge is 0.346 e. The highest BCUT2D eigenvalue weighted by Crippen LogP contribution is 2.10. The van der Waals surface area contributed by atoms with Crippen LogP contribution in [0.1, 0.15) is 35.4 Å². The lowest BCUT2D eigenvalue weighted by atomic mass is 10.2. The van der Waals surface area contributed by atoms with Crippen LogP contribution in [0.25, 0.3) is 0 Å². The lowest BCUT2D eigenvalue weighted by Crippen LogP contribution is -2.38. The standard InChI is InChI=1S/C18H23N5O3/c24-16(19-10-11-20-17(25)14-7-3-1-4-8-14)13-23-18(26)22-12-6-2-5-9-15(22)21-23/h1,3-4,7-8H,2,5-6,9-13H2,(H,19,24)(H,20,25). The molecule has 0 spiro atoms. The van der Waals surface area contributed by atoms with E-state index >= 15 is 0 Å². The van der Waals surface area contributed by atoms with Gasteiger partial charge in [0, 0.05) is 31.6 Å². The molecule has 3 rings (SSSR count). The van der Waals surface area contributed by atoms with Crippen LogP contribution in [0.4, 0.5) is 0 Å². The third-order valence-electron chi connectivity index (χ3n) is 4.34. The summed E-state index contributed by atoms with van der Waals surface area (Å²) in [5.41, 5.74) is 0.347. The predicted octanol–water partition coefficient (Wildman–Crippen LogP) is 0.317. The van der Waals surface area contributed by atoms with Crippen LogP contribution >= 0.6 is 0 Å². The Morgan fingerprint density at radius 1 is 1.04 bits per heavy atom. The molecule has 0 saturated carbocycles. The number of carbonyl (C=O) groups is 2. The Balaban J connectivity index is 1.45. The molecule has 8 heteroatoms. The minimum Gasteiger partial charge on any atom is -0.353 e. The van der Waals surface area contributed by atoms with Crippen molar-refractivity contribution in [1.82, 2.24) is 25.0 Å². The van der Waals surface area contributed by atoms with Crippen molar-refractivity contribution in [3.8, 4) is 0 Å². The number of hydrogen-bond donors (Lipinski definition) is 2. The first-order valence-corrected chi connectivity index (χ1v) is 8.91. The average molecular weight is 357 g/mol. The first-order chi connectivity index (χ1) is 12.6. The number of carbonyl (C=O) groups excluding carboxylic acids is 2. The second-order valence-electron chi connectivity index (χ2n) is 6.29. The monoisotopic (exact) mass is 357 g/mol. The number of hydrogen-bond acceptors (Lipinski definition) is 4. The SMILES string of the molecule is O=C(Cn1nc2n(c1=O)CCCCC2)NCCNC(=O)c1ccccc1. The van der Waals surface area contributed by atoms with Crippen LogP contribution in [0, 0.1) is 0 Å². The number of amides is 2. The average Bonchev–Trinajstić information content (AvgIpc) is 2.82. The van der Waals surface area contributed by atoms with Gasteiger partial charge in [0.2, 0.25) is 5.91 Å². The molecule has 138 valence electrons. The van der Waals surface area contributed by atoms with Crippen molar-refractivity contribution in [2.75, 3.05) is 13.1 Å². The normalized spacial score (nSPS) is 13.5. The summed E-state index contributed by atoms with van der Waals surface area (Å²) in [5.74, 6) is 0.277. The van der Waals surface area contributed by atoms with Crippen molar-refractivity contribution < 1.29 is 9.59 Å². The number of aryl methyl sites for hydroxylation is 1. The topological polar surface area (TPSA) is 98.0 Å². The van der Waals surface area contributed by atoms with E-state index in [4.69, 9.17) is 0 Å². The molecule has 0 unspecified atom stereocenters. The van der Waals surface area contributed by atoms with Crippen LogP contribution < -0.4 is 16.3 Å². The Morgan fingerprint density at radius 2 is 1.81 bits per heavy atom. The summed E-state index contributed by atoms with van der Waals surface area (Å²) in [6, 6.07) is 8.88. The zero-order chi connectivity index (χ0) is 18.4. The van der Waals surface area contributed by atoms with Crippen LogP contribution in [-0.4, -0.2) is 39.3 Å². The lowest BCUT2D eigenvalue weighted by molar-refractivity contribution is -0.121. The van der Waals surface area contributed by atoms with Crippen molar-refractivity contribution in [3.63, 3.8) is 0 Å². The Morgan fingerprint density at radius 3 is 2.62 bits per heavy atom.